The van der Waals surface area contributed by atoms with Crippen molar-refractivity contribution in [1.82, 2.24) is 0 Å². The summed E-state index contributed by atoms with van der Waals surface area (Å²) in [5.41, 5.74) is 7.40. The first-order chi connectivity index (χ1) is 17.1. The number of pyridine rings is 1. The largest absolute Gasteiger partial charge is 0.222 e. The van der Waals surface area contributed by atoms with Gasteiger partial charge in [0.1, 0.15) is 7.05 Å². The average molecular weight is 491 g/mol. The van der Waals surface area contributed by atoms with Crippen LogP contribution in [0.15, 0.2) is 70.6 Å². The Morgan fingerprint density at radius 1 is 0.889 bits per heavy atom. The Labute approximate surface area is 219 Å². The summed E-state index contributed by atoms with van der Waals surface area (Å²) in [6.45, 7) is 14.0. The summed E-state index contributed by atoms with van der Waals surface area (Å²) in [5, 5.41) is 8.31. The zero-order chi connectivity index (χ0) is 25.4. The van der Waals surface area contributed by atoms with E-state index in [1.807, 2.05) is 11.8 Å². The van der Waals surface area contributed by atoms with Crippen molar-refractivity contribution in [1.29, 1.82) is 0 Å². The van der Waals surface area contributed by atoms with Crippen molar-refractivity contribution in [3.63, 3.8) is 0 Å². The highest BCUT2D eigenvalue weighted by atomic mass is 32.2. The molecule has 4 aromatic carbocycles. The Balaban J connectivity index is 1.72. The first kappa shape index (κ1) is 23.6. The number of nitrogens with zero attached hydrogens (tertiary/aromatic N) is 1. The predicted octanol–water partition coefficient (Wildman–Crippen LogP) is 9.20. The fourth-order valence-electron chi connectivity index (χ4n) is 6.17. The van der Waals surface area contributed by atoms with E-state index in [4.69, 9.17) is 0 Å². The summed E-state index contributed by atoms with van der Waals surface area (Å²) < 4.78 is 2.36. The number of benzene rings is 4. The van der Waals surface area contributed by atoms with E-state index in [1.165, 1.54) is 70.1 Å². The van der Waals surface area contributed by atoms with Gasteiger partial charge >= 0.3 is 0 Å². The van der Waals surface area contributed by atoms with E-state index in [0.717, 1.165) is 12.8 Å². The van der Waals surface area contributed by atoms with Crippen LogP contribution in [-0.2, 0) is 19.9 Å². The summed E-state index contributed by atoms with van der Waals surface area (Å²) >= 11 is 2.00. The van der Waals surface area contributed by atoms with Gasteiger partial charge < -0.3 is 0 Å². The Hall–Kier alpha value is -2.84. The fourth-order valence-corrected chi connectivity index (χ4v) is 7.56. The molecule has 0 amide bonds. The highest BCUT2D eigenvalue weighted by molar-refractivity contribution is 8.00. The molecular weight excluding hydrogens is 454 g/mol. The second-order valence-corrected chi connectivity index (χ2v) is 13.3. The van der Waals surface area contributed by atoms with Gasteiger partial charge in [0.05, 0.1) is 10.9 Å². The van der Waals surface area contributed by atoms with Gasteiger partial charge in [0, 0.05) is 21.2 Å². The smallest absolute Gasteiger partial charge is 0.200 e. The van der Waals surface area contributed by atoms with Crippen LogP contribution in [0.5, 0.6) is 0 Å². The van der Waals surface area contributed by atoms with Gasteiger partial charge in [0.25, 0.3) is 0 Å². The highest BCUT2D eigenvalue weighted by Crippen LogP contribution is 2.53. The van der Waals surface area contributed by atoms with E-state index >= 15 is 0 Å². The van der Waals surface area contributed by atoms with Crippen LogP contribution in [0.4, 0.5) is 0 Å². The Morgan fingerprint density at radius 2 is 1.64 bits per heavy atom. The lowest BCUT2D eigenvalue weighted by molar-refractivity contribution is -0.659. The lowest BCUT2D eigenvalue weighted by Gasteiger charge is -2.26. The first-order valence-electron chi connectivity index (χ1n) is 13.2. The molecule has 0 unspecified atom stereocenters. The summed E-state index contributed by atoms with van der Waals surface area (Å²) in [4.78, 5) is 2.85. The molecule has 6 rings (SSSR count). The van der Waals surface area contributed by atoms with Gasteiger partial charge in [0.15, 0.2) is 6.20 Å². The standard InChI is InChI=1S/C34H36NS/c1-20(2)16-28-25-11-9-8-10-24(25)21(3)30-32-31-26(14-15-35(32)7)27-17-22(19-34(4,5)6)12-13-23(27)18-29(31)36-33(28)30/h8-15,17-18,20H,16,19H2,1-7H3/q+1. The number of fused-ring (bicyclic) bond motifs is 5. The summed E-state index contributed by atoms with van der Waals surface area (Å²) in [6, 6.07) is 20.9. The number of hydrogen-bond acceptors (Lipinski definition) is 1. The number of hydrogen-bond donors (Lipinski definition) is 0. The zero-order valence-corrected chi connectivity index (χ0v) is 23.4. The van der Waals surface area contributed by atoms with E-state index in [9.17, 15) is 0 Å². The molecule has 0 spiro atoms. The van der Waals surface area contributed by atoms with Crippen LogP contribution < -0.4 is 4.57 Å². The SMILES string of the molecule is Cc1c2c(c(CC(C)C)c3ccccc13)Sc1cc3ccc(CC(C)(C)C)cc3c3cc[n+](C)c-2c13. The van der Waals surface area contributed by atoms with E-state index in [-0.39, 0.29) is 5.41 Å². The molecule has 1 aliphatic heterocycles. The topological polar surface area (TPSA) is 3.88 Å². The molecular formula is C34H36NS+. The molecule has 0 aliphatic carbocycles. The maximum Gasteiger partial charge on any atom is 0.222 e. The molecule has 0 saturated carbocycles. The number of aromatic nitrogens is 1. The molecule has 0 bridgehead atoms. The Bertz CT molecular complexity index is 1680. The van der Waals surface area contributed by atoms with Crippen molar-refractivity contribution >= 4 is 44.1 Å². The quantitative estimate of drug-likeness (QED) is 0.177. The molecule has 1 aliphatic rings. The molecule has 2 heterocycles. The Kier molecular flexibility index (Phi) is 5.46. The molecule has 182 valence electrons. The maximum absolute atomic E-state index is 2.45. The van der Waals surface area contributed by atoms with Gasteiger partial charge in [0.2, 0.25) is 5.69 Å². The van der Waals surface area contributed by atoms with Crippen LogP contribution in [0.3, 0.4) is 0 Å². The van der Waals surface area contributed by atoms with Gasteiger partial charge in [-0.25, -0.2) is 4.57 Å². The molecule has 0 radical (unpaired) electrons. The minimum absolute atomic E-state index is 0.270. The van der Waals surface area contributed by atoms with Gasteiger partial charge in [-0.3, -0.25) is 0 Å². The van der Waals surface area contributed by atoms with Crippen molar-refractivity contribution in [2.45, 2.75) is 64.2 Å². The molecule has 2 heteroatoms. The van der Waals surface area contributed by atoms with Crippen LogP contribution in [0.2, 0.25) is 0 Å². The van der Waals surface area contributed by atoms with Gasteiger partial charge in [-0.2, -0.15) is 0 Å². The Morgan fingerprint density at radius 3 is 2.36 bits per heavy atom. The normalized spacial score (nSPS) is 13.2. The van der Waals surface area contributed by atoms with Crippen LogP contribution in [0, 0.1) is 18.3 Å². The molecule has 0 atom stereocenters. The number of rotatable bonds is 3. The van der Waals surface area contributed by atoms with Crippen LogP contribution in [0.1, 0.15) is 51.3 Å². The average Bonchev–Trinajstić information content (AvgIpc) is 2.82. The summed E-state index contributed by atoms with van der Waals surface area (Å²) in [7, 11) is 2.22. The molecule has 1 aromatic heterocycles. The third kappa shape index (κ3) is 3.73. The molecule has 5 aromatic rings. The third-order valence-electron chi connectivity index (χ3n) is 7.59. The van der Waals surface area contributed by atoms with Crippen LogP contribution in [-0.4, -0.2) is 0 Å². The van der Waals surface area contributed by atoms with Gasteiger partial charge in [-0.05, 0) is 75.4 Å². The van der Waals surface area contributed by atoms with E-state index < -0.39 is 0 Å². The fraction of sp³-hybridized carbons (Fsp3) is 0.324. The summed E-state index contributed by atoms with van der Waals surface area (Å²) in [6.07, 6.45) is 4.45. The molecule has 0 fully saturated rings. The summed E-state index contributed by atoms with van der Waals surface area (Å²) in [5.74, 6) is 0.601. The highest BCUT2D eigenvalue weighted by Gasteiger charge is 2.32. The van der Waals surface area contributed by atoms with Gasteiger partial charge in [-0.15, -0.1) is 0 Å². The molecule has 1 nitrogen and oxygen atoms in total. The second kappa shape index (κ2) is 8.35. The number of aryl methyl sites for hydroxylation is 2. The second-order valence-electron chi connectivity index (χ2n) is 12.3. The van der Waals surface area contributed by atoms with E-state index in [1.54, 1.807) is 0 Å². The van der Waals surface area contributed by atoms with Crippen LogP contribution >= 0.6 is 11.8 Å². The van der Waals surface area contributed by atoms with Crippen molar-refractivity contribution in [2.75, 3.05) is 0 Å². The minimum atomic E-state index is 0.270. The molecule has 0 N–H and O–H groups in total. The van der Waals surface area contributed by atoms with Crippen molar-refractivity contribution in [3.8, 4) is 11.3 Å². The minimum Gasteiger partial charge on any atom is -0.200 e. The zero-order valence-electron chi connectivity index (χ0n) is 22.6. The van der Waals surface area contributed by atoms with Crippen molar-refractivity contribution in [2.24, 2.45) is 18.4 Å². The van der Waals surface area contributed by atoms with E-state index in [2.05, 4.69) is 114 Å². The lowest BCUT2D eigenvalue weighted by atomic mass is 9.86. The van der Waals surface area contributed by atoms with Gasteiger partial charge in [-0.1, -0.05) is 88.8 Å². The lowest BCUT2D eigenvalue weighted by Crippen LogP contribution is -2.32. The first-order valence-corrected chi connectivity index (χ1v) is 14.0. The van der Waals surface area contributed by atoms with Crippen molar-refractivity contribution < 1.29 is 4.57 Å². The third-order valence-corrected chi connectivity index (χ3v) is 8.79. The predicted molar refractivity (Wildman–Crippen MR) is 156 cm³/mol. The molecule has 0 saturated heterocycles. The maximum atomic E-state index is 2.45. The monoisotopic (exact) mass is 490 g/mol. The van der Waals surface area contributed by atoms with Crippen LogP contribution in [0.25, 0.3) is 43.6 Å². The van der Waals surface area contributed by atoms with E-state index in [0.29, 0.717) is 5.92 Å². The molecule has 36 heavy (non-hydrogen) atoms. The van der Waals surface area contributed by atoms with Crippen molar-refractivity contribution in [3.05, 3.63) is 77.5 Å².